The number of carbonyl (C=O) groups excluding carboxylic acids is 2. The molecule has 0 amide bonds. The third-order valence-electron chi connectivity index (χ3n) is 13.8. The van der Waals surface area contributed by atoms with Gasteiger partial charge in [-0.05, 0) is 104 Å². The first-order valence-corrected chi connectivity index (χ1v) is 15.7. The van der Waals surface area contributed by atoms with Gasteiger partial charge in [-0.25, -0.2) is 0 Å². The number of ether oxygens (including phenoxy) is 1. The summed E-state index contributed by atoms with van der Waals surface area (Å²) in [5.41, 5.74) is -0.553. The number of carbonyl (C=O) groups is 4. The average molecular weight is 571 g/mol. The summed E-state index contributed by atoms with van der Waals surface area (Å²) in [7, 11) is 0. The molecule has 5 aliphatic rings. The Labute approximate surface area is 244 Å². The number of carboxylic acid groups (broad SMARTS) is 2. The van der Waals surface area contributed by atoms with Gasteiger partial charge in [0.15, 0.2) is 5.78 Å². The van der Waals surface area contributed by atoms with Crippen molar-refractivity contribution < 1.29 is 34.1 Å². The van der Waals surface area contributed by atoms with Gasteiger partial charge in [0.2, 0.25) is 0 Å². The van der Waals surface area contributed by atoms with Crippen LogP contribution < -0.4 is 0 Å². The highest BCUT2D eigenvalue weighted by atomic mass is 16.5. The van der Waals surface area contributed by atoms with Gasteiger partial charge in [-0.15, -0.1) is 0 Å². The zero-order valence-corrected chi connectivity index (χ0v) is 26.1. The lowest BCUT2D eigenvalue weighted by Crippen LogP contribution is -2.66. The lowest BCUT2D eigenvalue weighted by molar-refractivity contribution is -0.211. The Morgan fingerprint density at radius 3 is 2.17 bits per heavy atom. The maximum atomic E-state index is 14.5. The minimum absolute atomic E-state index is 0.0233. The van der Waals surface area contributed by atoms with Gasteiger partial charge < -0.3 is 14.9 Å². The Kier molecular flexibility index (Phi) is 6.95. The van der Waals surface area contributed by atoms with Crippen LogP contribution in [0.4, 0.5) is 0 Å². The van der Waals surface area contributed by atoms with Crippen molar-refractivity contribution in [2.24, 2.45) is 50.2 Å². The molecule has 41 heavy (non-hydrogen) atoms. The maximum Gasteiger partial charge on any atom is 0.309 e. The van der Waals surface area contributed by atoms with E-state index in [-0.39, 0.29) is 69.6 Å². The number of esters is 1. The summed E-state index contributed by atoms with van der Waals surface area (Å²) in [6.07, 6.45) is 8.80. The number of ketones is 1. The predicted octanol–water partition coefficient (Wildman–Crippen LogP) is 6.83. The van der Waals surface area contributed by atoms with Crippen LogP contribution in [-0.4, -0.2) is 40.0 Å². The van der Waals surface area contributed by atoms with Crippen LogP contribution in [0.5, 0.6) is 0 Å². The highest BCUT2D eigenvalue weighted by Crippen LogP contribution is 2.75. The van der Waals surface area contributed by atoms with Gasteiger partial charge >= 0.3 is 17.9 Å². The van der Waals surface area contributed by atoms with Crippen molar-refractivity contribution in [3.8, 4) is 0 Å². The molecule has 0 spiro atoms. The molecular formula is C34H50O7. The smallest absolute Gasteiger partial charge is 0.309 e. The molecular weight excluding hydrogens is 520 g/mol. The first kappa shape index (κ1) is 30.3. The SMILES string of the molecule is CC1(C)C2CC[C@]3(C)C(C(=O)C=C4C5C[C@@](C)(C(=O)O)CC[C@]5(C)CCC43C)[C@@]2(C)CC[C@@H]1OC(=O)CCC(=O)O. The Balaban J connectivity index is 1.49. The molecule has 4 saturated carbocycles. The van der Waals surface area contributed by atoms with E-state index >= 15 is 0 Å². The number of carboxylic acids is 2. The van der Waals surface area contributed by atoms with Crippen LogP contribution in [0.3, 0.4) is 0 Å². The van der Waals surface area contributed by atoms with Gasteiger partial charge in [-0.2, -0.15) is 0 Å². The highest BCUT2D eigenvalue weighted by Gasteiger charge is 2.70. The molecule has 0 aromatic carbocycles. The normalized spacial score (nSPS) is 46.6. The molecule has 0 aromatic heterocycles. The largest absolute Gasteiger partial charge is 0.481 e. The van der Waals surface area contributed by atoms with Gasteiger partial charge in [-0.1, -0.05) is 47.1 Å². The van der Waals surface area contributed by atoms with E-state index in [1.807, 2.05) is 13.0 Å². The van der Waals surface area contributed by atoms with Crippen molar-refractivity contribution in [3.63, 3.8) is 0 Å². The van der Waals surface area contributed by atoms with Gasteiger partial charge in [-0.3, -0.25) is 19.2 Å². The van der Waals surface area contributed by atoms with Crippen LogP contribution in [0.2, 0.25) is 0 Å². The van der Waals surface area contributed by atoms with Gasteiger partial charge in [0.25, 0.3) is 0 Å². The second-order valence-electron chi connectivity index (χ2n) is 16.3. The summed E-state index contributed by atoms with van der Waals surface area (Å²) >= 11 is 0. The van der Waals surface area contributed by atoms with Crippen molar-refractivity contribution in [2.75, 3.05) is 0 Å². The van der Waals surface area contributed by atoms with Crippen molar-refractivity contribution in [1.82, 2.24) is 0 Å². The molecule has 0 bridgehead atoms. The number of fused-ring (bicyclic) bond motifs is 7. The molecule has 2 N–H and O–H groups in total. The van der Waals surface area contributed by atoms with E-state index < -0.39 is 23.3 Å². The van der Waals surface area contributed by atoms with Crippen LogP contribution in [0.1, 0.15) is 119 Å². The molecule has 0 aliphatic heterocycles. The van der Waals surface area contributed by atoms with Crippen molar-refractivity contribution in [3.05, 3.63) is 11.6 Å². The molecule has 7 heteroatoms. The van der Waals surface area contributed by atoms with E-state index in [1.54, 1.807) is 0 Å². The monoisotopic (exact) mass is 570 g/mol. The van der Waals surface area contributed by atoms with Crippen LogP contribution in [0.25, 0.3) is 0 Å². The quantitative estimate of drug-likeness (QED) is 0.348. The lowest BCUT2D eigenvalue weighted by Gasteiger charge is -2.70. The van der Waals surface area contributed by atoms with E-state index in [1.165, 1.54) is 5.57 Å². The fourth-order valence-electron chi connectivity index (χ4n) is 11.0. The van der Waals surface area contributed by atoms with Gasteiger partial charge in [0.05, 0.1) is 18.3 Å². The summed E-state index contributed by atoms with van der Waals surface area (Å²) in [6.45, 7) is 15.5. The number of aliphatic carboxylic acids is 2. The minimum Gasteiger partial charge on any atom is -0.481 e. The third kappa shape index (κ3) is 4.25. The topological polar surface area (TPSA) is 118 Å². The molecule has 5 aliphatic carbocycles. The molecule has 9 atom stereocenters. The molecule has 7 nitrogen and oxygen atoms in total. The van der Waals surface area contributed by atoms with E-state index in [0.29, 0.717) is 19.3 Å². The van der Waals surface area contributed by atoms with Crippen LogP contribution in [0.15, 0.2) is 11.6 Å². The number of hydrogen-bond acceptors (Lipinski definition) is 5. The third-order valence-corrected chi connectivity index (χ3v) is 13.8. The molecule has 0 radical (unpaired) electrons. The van der Waals surface area contributed by atoms with Gasteiger partial charge in [0.1, 0.15) is 6.10 Å². The predicted molar refractivity (Wildman–Crippen MR) is 154 cm³/mol. The molecule has 4 unspecified atom stereocenters. The fourth-order valence-corrected chi connectivity index (χ4v) is 11.0. The molecule has 5 rings (SSSR count). The number of allylic oxidation sites excluding steroid dienone is 2. The maximum absolute atomic E-state index is 14.5. The summed E-state index contributed by atoms with van der Waals surface area (Å²) in [6, 6.07) is 0. The molecule has 0 heterocycles. The second kappa shape index (κ2) is 9.41. The number of rotatable bonds is 5. The Morgan fingerprint density at radius 1 is 0.878 bits per heavy atom. The molecule has 4 fully saturated rings. The van der Waals surface area contributed by atoms with E-state index in [9.17, 15) is 24.3 Å². The highest BCUT2D eigenvalue weighted by molar-refractivity contribution is 5.95. The van der Waals surface area contributed by atoms with E-state index in [4.69, 9.17) is 9.84 Å². The second-order valence-corrected chi connectivity index (χ2v) is 16.3. The van der Waals surface area contributed by atoms with Crippen LogP contribution in [-0.2, 0) is 23.9 Å². The van der Waals surface area contributed by atoms with Crippen LogP contribution >= 0.6 is 0 Å². The number of hydrogen-bond donors (Lipinski definition) is 2. The standard InChI is InChI=1S/C34H50O7/c1-29(2)23-10-13-34(7)27(32(23,5)12-11-24(29)41-26(38)9-8-25(36)37)22(35)18-20-21-19-31(4,28(39)40)15-14-30(21,3)16-17-33(20,34)6/h18,21,23-24,27H,8-17,19H2,1-7H3,(H,36,37)(H,39,40)/t21?,23?,24-,27?,30+,31-,32-,33?,34+/m0/s1. The molecule has 0 aromatic rings. The molecule has 228 valence electrons. The van der Waals surface area contributed by atoms with Gasteiger partial charge in [0, 0.05) is 11.3 Å². The lowest BCUT2D eigenvalue weighted by atomic mass is 9.33. The Bertz CT molecular complexity index is 1200. The van der Waals surface area contributed by atoms with Crippen molar-refractivity contribution in [1.29, 1.82) is 0 Å². The molecule has 0 saturated heterocycles. The Morgan fingerprint density at radius 2 is 1.54 bits per heavy atom. The van der Waals surface area contributed by atoms with E-state index in [2.05, 4.69) is 41.5 Å². The summed E-state index contributed by atoms with van der Waals surface area (Å²) in [5.74, 6) is -1.87. The van der Waals surface area contributed by atoms with Crippen molar-refractivity contribution in [2.45, 2.75) is 125 Å². The van der Waals surface area contributed by atoms with Crippen molar-refractivity contribution >= 4 is 23.7 Å². The first-order valence-electron chi connectivity index (χ1n) is 15.7. The summed E-state index contributed by atoms with van der Waals surface area (Å²) in [5, 5.41) is 19.1. The Hall–Kier alpha value is -2.18. The average Bonchev–Trinajstić information content (AvgIpc) is 2.86. The minimum atomic E-state index is -1.01. The zero-order valence-electron chi connectivity index (χ0n) is 26.1. The summed E-state index contributed by atoms with van der Waals surface area (Å²) in [4.78, 5) is 50.3. The summed E-state index contributed by atoms with van der Waals surface area (Å²) < 4.78 is 5.91. The zero-order chi connectivity index (χ0) is 30.4. The first-order chi connectivity index (χ1) is 18.8. The van der Waals surface area contributed by atoms with E-state index in [0.717, 1.165) is 38.5 Å². The fraction of sp³-hybridized carbons (Fsp3) is 0.824. The van der Waals surface area contributed by atoms with Crippen LogP contribution in [0, 0.1) is 50.2 Å².